The Kier molecular flexibility index (Phi) is 6.25. The lowest BCUT2D eigenvalue weighted by Gasteiger charge is -2.10. The van der Waals surface area contributed by atoms with Crippen molar-refractivity contribution < 1.29 is 4.79 Å². The predicted molar refractivity (Wildman–Crippen MR) is 95.8 cm³/mol. The van der Waals surface area contributed by atoms with Crippen LogP contribution < -0.4 is 10.6 Å². The van der Waals surface area contributed by atoms with Crippen LogP contribution in [0.15, 0.2) is 36.5 Å². The first-order valence-electron chi connectivity index (χ1n) is 7.42. The van der Waals surface area contributed by atoms with Gasteiger partial charge in [-0.2, -0.15) is 0 Å². The molecule has 0 radical (unpaired) electrons. The van der Waals surface area contributed by atoms with Crippen molar-refractivity contribution in [2.24, 2.45) is 5.92 Å². The van der Waals surface area contributed by atoms with Crippen molar-refractivity contribution in [1.29, 1.82) is 0 Å². The molecule has 0 saturated carbocycles. The minimum Gasteiger partial charge on any atom is -0.353 e. The second kappa shape index (κ2) is 8.18. The number of amides is 1. The number of rotatable bonds is 6. The molecule has 0 atom stereocenters. The first kappa shape index (κ1) is 17.6. The molecule has 0 fully saturated rings. The molecule has 6 heteroatoms. The van der Waals surface area contributed by atoms with Crippen LogP contribution in [0.5, 0.6) is 0 Å². The number of hydrogen-bond donors (Lipinski definition) is 2. The number of carbonyl (C=O) groups excluding carboxylic acids is 1. The molecule has 0 saturated heterocycles. The van der Waals surface area contributed by atoms with Crippen LogP contribution >= 0.6 is 23.2 Å². The van der Waals surface area contributed by atoms with Crippen LogP contribution in [0.3, 0.4) is 0 Å². The lowest BCUT2D eigenvalue weighted by molar-refractivity contribution is 0.0947. The number of nitrogens with one attached hydrogen (secondary N) is 2. The van der Waals surface area contributed by atoms with Gasteiger partial charge >= 0.3 is 0 Å². The summed E-state index contributed by atoms with van der Waals surface area (Å²) in [5.41, 5.74) is 1.81. The molecule has 0 unspecified atom stereocenters. The number of halogens is 2. The monoisotopic (exact) mass is 351 g/mol. The molecular weight excluding hydrogens is 333 g/mol. The van der Waals surface area contributed by atoms with E-state index in [-0.39, 0.29) is 5.91 Å². The molecule has 23 heavy (non-hydrogen) atoms. The highest BCUT2D eigenvalue weighted by molar-refractivity contribution is 6.35. The van der Waals surface area contributed by atoms with Crippen LogP contribution in [0.1, 0.15) is 30.8 Å². The maximum atomic E-state index is 12.0. The Morgan fingerprint density at radius 3 is 2.65 bits per heavy atom. The normalized spacial score (nSPS) is 10.7. The van der Waals surface area contributed by atoms with E-state index in [4.69, 9.17) is 23.2 Å². The summed E-state index contributed by atoms with van der Waals surface area (Å²) in [5.74, 6) is 0.385. The quantitative estimate of drug-likeness (QED) is 0.777. The van der Waals surface area contributed by atoms with Gasteiger partial charge in [-0.3, -0.25) is 4.79 Å². The number of benzene rings is 1. The number of hydrogen-bond acceptors (Lipinski definition) is 3. The average molecular weight is 352 g/mol. The van der Waals surface area contributed by atoms with Gasteiger partial charge in [0.15, 0.2) is 0 Å². The summed E-state index contributed by atoms with van der Waals surface area (Å²) < 4.78 is 0. The van der Waals surface area contributed by atoms with Crippen molar-refractivity contribution >= 4 is 40.5 Å². The van der Waals surface area contributed by atoms with Gasteiger partial charge in [-0.1, -0.05) is 37.0 Å². The maximum Gasteiger partial charge on any atom is 0.269 e. The van der Waals surface area contributed by atoms with Gasteiger partial charge in [-0.05, 0) is 42.7 Å². The fourth-order valence-corrected chi connectivity index (χ4v) is 2.25. The van der Waals surface area contributed by atoms with Crippen LogP contribution in [0.4, 0.5) is 11.4 Å². The molecule has 0 spiro atoms. The van der Waals surface area contributed by atoms with E-state index in [1.54, 1.807) is 36.5 Å². The predicted octanol–water partition coefficient (Wildman–Crippen LogP) is 4.91. The lowest BCUT2D eigenvalue weighted by Crippen LogP contribution is -2.26. The highest BCUT2D eigenvalue weighted by atomic mass is 35.5. The van der Waals surface area contributed by atoms with Gasteiger partial charge in [0.2, 0.25) is 0 Å². The van der Waals surface area contributed by atoms with Crippen molar-refractivity contribution in [2.75, 3.05) is 11.9 Å². The van der Waals surface area contributed by atoms with Crippen LogP contribution in [-0.2, 0) is 0 Å². The molecule has 122 valence electrons. The Morgan fingerprint density at radius 1 is 1.22 bits per heavy atom. The molecule has 0 aliphatic rings. The summed E-state index contributed by atoms with van der Waals surface area (Å²) in [6, 6.07) is 8.62. The maximum absolute atomic E-state index is 12.0. The van der Waals surface area contributed by atoms with E-state index in [2.05, 4.69) is 29.5 Å². The molecule has 2 aromatic rings. The van der Waals surface area contributed by atoms with E-state index in [0.29, 0.717) is 33.9 Å². The van der Waals surface area contributed by atoms with E-state index in [9.17, 15) is 4.79 Å². The summed E-state index contributed by atoms with van der Waals surface area (Å²) in [4.78, 5) is 16.1. The smallest absolute Gasteiger partial charge is 0.269 e. The van der Waals surface area contributed by atoms with Crippen LogP contribution in [0.25, 0.3) is 0 Å². The van der Waals surface area contributed by atoms with Crippen molar-refractivity contribution in [2.45, 2.75) is 20.3 Å². The van der Waals surface area contributed by atoms with E-state index in [1.165, 1.54) is 0 Å². The summed E-state index contributed by atoms with van der Waals surface area (Å²) in [6.45, 7) is 4.88. The topological polar surface area (TPSA) is 54.0 Å². The second-order valence-corrected chi connectivity index (χ2v) is 6.46. The first-order valence-corrected chi connectivity index (χ1v) is 8.17. The van der Waals surface area contributed by atoms with Crippen molar-refractivity contribution in [1.82, 2.24) is 10.3 Å². The van der Waals surface area contributed by atoms with Gasteiger partial charge in [0.05, 0.1) is 22.6 Å². The van der Waals surface area contributed by atoms with E-state index >= 15 is 0 Å². The van der Waals surface area contributed by atoms with Crippen LogP contribution in [-0.4, -0.2) is 17.4 Å². The average Bonchev–Trinajstić information content (AvgIpc) is 2.51. The van der Waals surface area contributed by atoms with E-state index in [1.807, 2.05) is 0 Å². The Morgan fingerprint density at radius 2 is 2.00 bits per heavy atom. The van der Waals surface area contributed by atoms with Gasteiger partial charge in [0, 0.05) is 11.6 Å². The molecule has 1 aromatic carbocycles. The third kappa shape index (κ3) is 5.41. The van der Waals surface area contributed by atoms with Crippen molar-refractivity contribution in [3.8, 4) is 0 Å². The Balaban J connectivity index is 1.99. The number of pyridine rings is 1. The minimum absolute atomic E-state index is 0.169. The van der Waals surface area contributed by atoms with Gasteiger partial charge in [0.25, 0.3) is 5.91 Å². The van der Waals surface area contributed by atoms with E-state index in [0.717, 1.165) is 12.1 Å². The minimum atomic E-state index is -0.169. The number of nitrogens with zero attached hydrogens (tertiary/aromatic N) is 1. The molecule has 4 nitrogen and oxygen atoms in total. The largest absolute Gasteiger partial charge is 0.353 e. The molecule has 2 N–H and O–H groups in total. The zero-order valence-electron chi connectivity index (χ0n) is 13.1. The molecule has 1 amide bonds. The summed E-state index contributed by atoms with van der Waals surface area (Å²) in [7, 11) is 0. The molecule has 2 rings (SSSR count). The molecule has 1 heterocycles. The Hall–Kier alpha value is -1.78. The summed E-state index contributed by atoms with van der Waals surface area (Å²) in [5, 5.41) is 7.13. The van der Waals surface area contributed by atoms with Crippen molar-refractivity contribution in [3.05, 3.63) is 52.3 Å². The van der Waals surface area contributed by atoms with Gasteiger partial charge in [-0.25, -0.2) is 4.98 Å². The highest BCUT2D eigenvalue weighted by Gasteiger charge is 2.08. The fraction of sp³-hybridized carbons (Fsp3) is 0.294. The molecule has 0 aliphatic heterocycles. The third-order valence-electron chi connectivity index (χ3n) is 3.21. The highest BCUT2D eigenvalue weighted by Crippen LogP contribution is 2.28. The van der Waals surface area contributed by atoms with Crippen molar-refractivity contribution in [3.63, 3.8) is 0 Å². The molecule has 0 bridgehead atoms. The van der Waals surface area contributed by atoms with Gasteiger partial charge < -0.3 is 10.6 Å². The van der Waals surface area contributed by atoms with Gasteiger partial charge in [-0.15, -0.1) is 0 Å². The molecule has 0 aliphatic carbocycles. The first-order chi connectivity index (χ1) is 11.0. The Labute approximate surface area is 146 Å². The fourth-order valence-electron chi connectivity index (χ4n) is 1.92. The Bertz CT molecular complexity index is 672. The number of anilines is 2. The van der Waals surface area contributed by atoms with Crippen LogP contribution in [0, 0.1) is 5.92 Å². The molecular formula is C17H19Cl2N3O. The zero-order chi connectivity index (χ0) is 16.8. The third-order valence-corrected chi connectivity index (χ3v) is 3.78. The number of aromatic nitrogens is 1. The zero-order valence-corrected chi connectivity index (χ0v) is 14.6. The second-order valence-electron chi connectivity index (χ2n) is 5.62. The van der Waals surface area contributed by atoms with Gasteiger partial charge in [0.1, 0.15) is 5.69 Å². The standard InChI is InChI=1S/C17H19Cl2N3O/c1-11(2)7-8-20-17(23)15-6-4-13(10-21-15)22-16-9-12(18)3-5-14(16)19/h3-6,9-11,22H,7-8H2,1-2H3,(H,20,23). The number of carbonyl (C=O) groups is 1. The SMILES string of the molecule is CC(C)CCNC(=O)c1ccc(Nc2cc(Cl)ccc2Cl)cn1. The summed E-state index contributed by atoms with van der Waals surface area (Å²) in [6.07, 6.45) is 2.53. The lowest BCUT2D eigenvalue weighted by atomic mass is 10.1. The summed E-state index contributed by atoms with van der Waals surface area (Å²) >= 11 is 12.1. The van der Waals surface area contributed by atoms with E-state index < -0.39 is 0 Å². The van der Waals surface area contributed by atoms with Crippen LogP contribution in [0.2, 0.25) is 10.0 Å². The molecule has 1 aromatic heterocycles.